The number of hydrogen-bond donors (Lipinski definition) is 0. The van der Waals surface area contributed by atoms with E-state index in [1.54, 1.807) is 0 Å². The summed E-state index contributed by atoms with van der Waals surface area (Å²) in [5.74, 6) is 0. The van der Waals surface area contributed by atoms with E-state index in [4.69, 9.17) is 0 Å². The second-order valence-electron chi connectivity index (χ2n) is 17.9. The van der Waals surface area contributed by atoms with Gasteiger partial charge >= 0.3 is 0 Å². The van der Waals surface area contributed by atoms with Gasteiger partial charge in [-0.05, 0) is 121 Å². The number of hydrogen-bond acceptors (Lipinski definition) is 0. The van der Waals surface area contributed by atoms with Gasteiger partial charge in [-0.15, -0.1) is 0 Å². The molecule has 0 saturated carbocycles. The molecule has 324 valence electrons. The summed E-state index contributed by atoms with van der Waals surface area (Å²) in [4.78, 5) is 0. The van der Waals surface area contributed by atoms with Gasteiger partial charge in [0.1, 0.15) is 0 Å². The zero-order valence-corrected chi connectivity index (χ0v) is 37.8. The maximum absolute atomic E-state index is 2.38. The highest BCUT2D eigenvalue weighted by atomic mass is 14.9. The molecule has 0 aliphatic carbocycles. The van der Waals surface area contributed by atoms with Crippen molar-refractivity contribution in [3.05, 3.63) is 274 Å². The predicted octanol–water partition coefficient (Wildman–Crippen LogP) is 17.4. The van der Waals surface area contributed by atoms with E-state index in [9.17, 15) is 0 Å². The summed E-state index contributed by atoms with van der Waals surface area (Å²) in [5.41, 5.74) is 24.9. The second-order valence-corrected chi connectivity index (χ2v) is 17.9. The van der Waals surface area contributed by atoms with Crippen LogP contribution < -0.4 is 0 Å². The molecule has 13 rings (SSSR count). The Morgan fingerprint density at radius 2 is 0.420 bits per heavy atom. The largest absolute Gasteiger partial charge is 0.323 e. The predicted molar refractivity (Wildman–Crippen MR) is 288 cm³/mol. The van der Waals surface area contributed by atoms with Crippen molar-refractivity contribution in [1.29, 1.82) is 0 Å². The van der Waals surface area contributed by atoms with Crippen LogP contribution in [0.3, 0.4) is 0 Å². The first-order valence-corrected chi connectivity index (χ1v) is 23.6. The molecule has 0 radical (unpaired) electrons. The van der Waals surface area contributed by atoms with Crippen molar-refractivity contribution in [1.82, 2.24) is 13.2 Å². The Morgan fingerprint density at radius 1 is 0.188 bits per heavy atom. The lowest BCUT2D eigenvalue weighted by molar-refractivity contribution is 1.20. The summed E-state index contributed by atoms with van der Waals surface area (Å²) in [6.45, 7) is 0. The van der Waals surface area contributed by atoms with Crippen LogP contribution >= 0.6 is 0 Å². The number of benzene rings is 7. The summed E-state index contributed by atoms with van der Waals surface area (Å²) in [6.07, 6.45) is 13.5. The first kappa shape index (κ1) is 40.1. The van der Waals surface area contributed by atoms with Gasteiger partial charge in [-0.3, -0.25) is 0 Å². The fourth-order valence-corrected chi connectivity index (χ4v) is 10.4. The molecule has 0 atom stereocenters. The van der Waals surface area contributed by atoms with Crippen LogP contribution in [0.25, 0.3) is 117 Å². The highest BCUT2D eigenvalue weighted by Gasteiger charge is 2.20. The maximum atomic E-state index is 2.38. The summed E-state index contributed by atoms with van der Waals surface area (Å²) >= 11 is 0. The average molecular weight is 880 g/mol. The molecule has 6 heterocycles. The van der Waals surface area contributed by atoms with E-state index in [-0.39, 0.29) is 0 Å². The Labute approximate surface area is 401 Å². The van der Waals surface area contributed by atoms with Crippen LogP contribution in [-0.2, 0) is 0 Å². The minimum atomic E-state index is 1.15. The lowest BCUT2D eigenvalue weighted by Crippen LogP contribution is -1.91. The molecule has 3 heteroatoms. The van der Waals surface area contributed by atoms with E-state index in [1.165, 1.54) is 66.8 Å². The molecule has 13 aromatic rings. The Kier molecular flexibility index (Phi) is 9.84. The summed E-state index contributed by atoms with van der Waals surface area (Å²) < 4.78 is 6.85. The third-order valence-corrected chi connectivity index (χ3v) is 13.7. The van der Waals surface area contributed by atoms with Crippen LogP contribution in [0.5, 0.6) is 0 Å². The van der Waals surface area contributed by atoms with Gasteiger partial charge in [-0.2, -0.15) is 0 Å². The van der Waals surface area contributed by atoms with Crippen molar-refractivity contribution in [2.24, 2.45) is 0 Å². The van der Waals surface area contributed by atoms with Gasteiger partial charge < -0.3 is 13.2 Å². The van der Waals surface area contributed by atoms with Crippen LogP contribution in [0.1, 0.15) is 0 Å². The minimum Gasteiger partial charge on any atom is -0.323 e. The van der Waals surface area contributed by atoms with Crippen molar-refractivity contribution < 1.29 is 0 Å². The molecule has 0 aliphatic heterocycles. The number of pyridine rings is 3. The van der Waals surface area contributed by atoms with Gasteiger partial charge in [0.2, 0.25) is 0 Å². The van der Waals surface area contributed by atoms with E-state index in [2.05, 4.69) is 287 Å². The van der Waals surface area contributed by atoms with E-state index in [0.29, 0.717) is 0 Å². The summed E-state index contributed by atoms with van der Waals surface area (Å²) in [7, 11) is 0. The fraction of sp³-hybridized carbons (Fsp3) is 0. The molecule has 0 spiro atoms. The molecule has 0 fully saturated rings. The van der Waals surface area contributed by atoms with Gasteiger partial charge in [0.25, 0.3) is 0 Å². The monoisotopic (exact) mass is 879 g/mol. The van der Waals surface area contributed by atoms with Crippen molar-refractivity contribution in [3.8, 4) is 100 Å². The van der Waals surface area contributed by atoms with Crippen LogP contribution in [-0.4, -0.2) is 13.2 Å². The molecule has 3 nitrogen and oxygen atoms in total. The zero-order chi connectivity index (χ0) is 45.7. The van der Waals surface area contributed by atoms with Crippen LogP contribution in [0.15, 0.2) is 274 Å². The molecular weight excluding hydrogens is 835 g/mol. The molecule has 0 unspecified atom stereocenters. The van der Waals surface area contributed by atoms with Crippen molar-refractivity contribution in [2.75, 3.05) is 0 Å². The molecular formula is C66H45N3. The van der Waals surface area contributed by atoms with Crippen LogP contribution in [0.2, 0.25) is 0 Å². The quantitative estimate of drug-likeness (QED) is 0.137. The molecule has 0 N–H and O–H groups in total. The molecule has 69 heavy (non-hydrogen) atoms. The lowest BCUT2D eigenvalue weighted by Gasteiger charge is -2.14. The van der Waals surface area contributed by atoms with E-state index in [1.807, 2.05) is 0 Å². The standard InChI is InChI=1S/C66H45N3/c1-7-19-46(20-8-1)58-43-67-34-31-52(40-61(67)64(58)49-25-13-4-14-26-49)55-37-56(53-32-35-68-44-59(47-21-9-2-10-22-47)65(62(68)41-53)50-27-15-5-16-28-50)39-57(38-55)54-33-36-69-45-60(48-23-11-3-12-24-48)66(63(69)42-54)51-29-17-6-18-30-51/h1-45H. The lowest BCUT2D eigenvalue weighted by atomic mass is 9.92. The third-order valence-electron chi connectivity index (χ3n) is 13.7. The molecule has 0 amide bonds. The second kappa shape index (κ2) is 16.9. The van der Waals surface area contributed by atoms with Crippen LogP contribution in [0, 0.1) is 0 Å². The maximum Gasteiger partial charge on any atom is 0.0541 e. The molecule has 0 saturated heterocycles. The number of aromatic nitrogens is 3. The van der Waals surface area contributed by atoms with Gasteiger partial charge in [0.15, 0.2) is 0 Å². The Morgan fingerprint density at radius 3 is 0.667 bits per heavy atom. The SMILES string of the molecule is c1ccc(-c2cn3ccc(-c4cc(-c5ccn6cc(-c7ccccc7)c(-c7ccccc7)c6c5)cc(-c5ccn6cc(-c7ccccc7)c(-c7ccccc7)c6c5)c4)cc3c2-c2ccccc2)cc1. The van der Waals surface area contributed by atoms with E-state index in [0.717, 1.165) is 49.9 Å². The van der Waals surface area contributed by atoms with Gasteiger partial charge in [-0.1, -0.05) is 182 Å². The number of nitrogens with zero attached hydrogens (tertiary/aromatic N) is 3. The molecule has 0 aliphatic rings. The number of fused-ring (bicyclic) bond motifs is 3. The van der Waals surface area contributed by atoms with Crippen molar-refractivity contribution in [2.45, 2.75) is 0 Å². The summed E-state index contributed by atoms with van der Waals surface area (Å²) in [5, 5.41) is 0. The Balaban J connectivity index is 1.04. The minimum absolute atomic E-state index is 1.15. The smallest absolute Gasteiger partial charge is 0.0541 e. The van der Waals surface area contributed by atoms with Gasteiger partial charge in [0.05, 0.1) is 16.6 Å². The van der Waals surface area contributed by atoms with Gasteiger partial charge in [-0.25, -0.2) is 0 Å². The average Bonchev–Trinajstić information content (AvgIpc) is 4.14. The first-order valence-electron chi connectivity index (χ1n) is 23.6. The Hall–Kier alpha value is -9.18. The zero-order valence-electron chi connectivity index (χ0n) is 37.8. The summed E-state index contributed by atoms with van der Waals surface area (Å²) in [6, 6.07) is 85.8. The van der Waals surface area contributed by atoms with Gasteiger partial charge in [0, 0.05) is 70.6 Å². The molecule has 6 aromatic heterocycles. The highest BCUT2D eigenvalue weighted by molar-refractivity contribution is 5.99. The highest BCUT2D eigenvalue weighted by Crippen LogP contribution is 2.44. The topological polar surface area (TPSA) is 13.2 Å². The van der Waals surface area contributed by atoms with Crippen molar-refractivity contribution in [3.63, 3.8) is 0 Å². The van der Waals surface area contributed by atoms with Crippen LogP contribution in [0.4, 0.5) is 0 Å². The Bertz CT molecular complexity index is 3530. The van der Waals surface area contributed by atoms with Crippen molar-refractivity contribution >= 4 is 16.6 Å². The third kappa shape index (κ3) is 7.25. The number of rotatable bonds is 9. The van der Waals surface area contributed by atoms with E-state index >= 15 is 0 Å². The molecule has 0 bridgehead atoms. The fourth-order valence-electron chi connectivity index (χ4n) is 10.4. The first-order chi connectivity index (χ1) is 34.2. The normalized spacial score (nSPS) is 11.5. The molecule has 7 aromatic carbocycles. The van der Waals surface area contributed by atoms with E-state index < -0.39 is 0 Å².